The van der Waals surface area contributed by atoms with E-state index < -0.39 is 5.60 Å². The minimum atomic E-state index is -0.797. The van der Waals surface area contributed by atoms with Gasteiger partial charge in [-0.05, 0) is 70.8 Å². The normalized spacial score (nSPS) is 20.4. The third-order valence-corrected chi connectivity index (χ3v) is 5.32. The third kappa shape index (κ3) is 5.71. The highest BCUT2D eigenvalue weighted by Crippen LogP contribution is 2.21. The summed E-state index contributed by atoms with van der Waals surface area (Å²) in [6, 6.07) is 8.21. The van der Waals surface area contributed by atoms with E-state index in [-0.39, 0.29) is 5.91 Å². The highest BCUT2D eigenvalue weighted by molar-refractivity contribution is 5.97. The van der Waals surface area contributed by atoms with Crippen molar-refractivity contribution >= 4 is 11.6 Å². The second-order valence-electron chi connectivity index (χ2n) is 7.23. The lowest BCUT2D eigenvalue weighted by Crippen LogP contribution is -2.42. The molecule has 0 aliphatic carbocycles. The van der Waals surface area contributed by atoms with Crippen LogP contribution in [0.3, 0.4) is 0 Å². The number of ether oxygens (including phenoxy) is 2. The number of carbonyl (C=O) groups is 1. The first kappa shape index (κ1) is 20.7. The maximum absolute atomic E-state index is 12.4. The number of nitrogens with zero attached hydrogens (tertiary/aromatic N) is 1. The van der Waals surface area contributed by atoms with Crippen molar-refractivity contribution in [1.29, 1.82) is 0 Å². The second kappa shape index (κ2) is 9.93. The molecule has 1 saturated heterocycles. The van der Waals surface area contributed by atoms with Crippen molar-refractivity contribution in [2.75, 3.05) is 31.6 Å². The Morgan fingerprint density at radius 1 is 1.27 bits per heavy atom. The number of benzene rings is 1. The van der Waals surface area contributed by atoms with Gasteiger partial charge in [0.25, 0.3) is 5.91 Å². The highest BCUT2D eigenvalue weighted by Gasteiger charge is 2.31. The Hall–Kier alpha value is -1.59. The standard InChI is InChI=1S/C21H34N2O3/c1-5-21(4,26-6-2)20(24)22-18-10-12-19(13-11-18)25-16-15-23-14-8-7-9-17(23)3/h10-13,17H,5-9,14-16H2,1-4H3,(H,22,24). The molecular weight excluding hydrogens is 328 g/mol. The lowest BCUT2D eigenvalue weighted by Gasteiger charge is -2.33. The largest absolute Gasteiger partial charge is 0.492 e. The molecule has 0 spiro atoms. The number of anilines is 1. The molecule has 2 atom stereocenters. The molecule has 1 fully saturated rings. The molecule has 0 saturated carbocycles. The fourth-order valence-electron chi connectivity index (χ4n) is 3.32. The molecule has 2 rings (SSSR count). The van der Waals surface area contributed by atoms with Gasteiger partial charge in [0.1, 0.15) is 18.0 Å². The van der Waals surface area contributed by atoms with Gasteiger partial charge in [-0.15, -0.1) is 0 Å². The highest BCUT2D eigenvalue weighted by atomic mass is 16.5. The lowest BCUT2D eigenvalue weighted by molar-refractivity contribution is -0.139. The van der Waals surface area contributed by atoms with Gasteiger partial charge >= 0.3 is 0 Å². The molecule has 1 aliphatic heterocycles. The number of nitrogens with one attached hydrogen (secondary N) is 1. The third-order valence-electron chi connectivity index (χ3n) is 5.32. The average Bonchev–Trinajstić information content (AvgIpc) is 2.64. The van der Waals surface area contributed by atoms with Gasteiger partial charge in [0.15, 0.2) is 0 Å². The van der Waals surface area contributed by atoms with Crippen LogP contribution in [0.1, 0.15) is 53.4 Å². The predicted molar refractivity (Wildman–Crippen MR) is 106 cm³/mol. The van der Waals surface area contributed by atoms with Gasteiger partial charge in [-0.25, -0.2) is 0 Å². The molecule has 146 valence electrons. The SMILES string of the molecule is CCOC(C)(CC)C(=O)Nc1ccc(OCCN2CCCCC2C)cc1. The van der Waals surface area contributed by atoms with E-state index in [9.17, 15) is 4.79 Å². The molecule has 1 amide bonds. The van der Waals surface area contributed by atoms with E-state index in [0.29, 0.717) is 25.7 Å². The van der Waals surface area contributed by atoms with Crippen molar-refractivity contribution in [2.45, 2.75) is 65.0 Å². The van der Waals surface area contributed by atoms with Crippen molar-refractivity contribution in [1.82, 2.24) is 4.90 Å². The van der Waals surface area contributed by atoms with Gasteiger partial charge in [0, 0.05) is 24.9 Å². The molecule has 26 heavy (non-hydrogen) atoms. The van der Waals surface area contributed by atoms with Gasteiger partial charge in [-0.2, -0.15) is 0 Å². The van der Waals surface area contributed by atoms with Gasteiger partial charge in [0.05, 0.1) is 0 Å². The molecule has 0 bridgehead atoms. The minimum absolute atomic E-state index is 0.116. The summed E-state index contributed by atoms with van der Waals surface area (Å²) in [5.74, 6) is 0.713. The number of rotatable bonds is 9. The van der Waals surface area contributed by atoms with Gasteiger partial charge in [-0.3, -0.25) is 9.69 Å². The fraction of sp³-hybridized carbons (Fsp3) is 0.667. The van der Waals surface area contributed by atoms with Crippen LogP contribution >= 0.6 is 0 Å². The summed E-state index contributed by atoms with van der Waals surface area (Å²) >= 11 is 0. The van der Waals surface area contributed by atoms with Gasteiger partial charge in [-0.1, -0.05) is 13.3 Å². The molecule has 1 aromatic carbocycles. The van der Waals surface area contributed by atoms with Crippen LogP contribution < -0.4 is 10.1 Å². The van der Waals surface area contributed by atoms with Crippen LogP contribution in [-0.2, 0) is 9.53 Å². The molecule has 1 heterocycles. The molecule has 0 aromatic heterocycles. The molecule has 5 nitrogen and oxygen atoms in total. The predicted octanol–water partition coefficient (Wildman–Crippen LogP) is 4.08. The molecule has 2 unspecified atom stereocenters. The minimum Gasteiger partial charge on any atom is -0.492 e. The first-order valence-corrected chi connectivity index (χ1v) is 9.91. The Morgan fingerprint density at radius 2 is 2.00 bits per heavy atom. The number of likely N-dealkylation sites (tertiary alicyclic amines) is 1. The van der Waals surface area contributed by atoms with Crippen molar-refractivity contribution in [3.63, 3.8) is 0 Å². The van der Waals surface area contributed by atoms with Crippen LogP contribution in [0.2, 0.25) is 0 Å². The summed E-state index contributed by atoms with van der Waals surface area (Å²) < 4.78 is 11.5. The van der Waals surface area contributed by atoms with E-state index in [0.717, 1.165) is 18.0 Å². The van der Waals surface area contributed by atoms with Crippen molar-refractivity contribution in [2.24, 2.45) is 0 Å². The molecule has 0 radical (unpaired) electrons. The van der Waals surface area contributed by atoms with E-state index in [1.807, 2.05) is 45.0 Å². The summed E-state index contributed by atoms with van der Waals surface area (Å²) in [6.45, 7) is 11.3. The monoisotopic (exact) mass is 362 g/mol. The summed E-state index contributed by atoms with van der Waals surface area (Å²) in [5, 5.41) is 2.93. The zero-order chi connectivity index (χ0) is 19.0. The summed E-state index contributed by atoms with van der Waals surface area (Å²) in [7, 11) is 0. The van der Waals surface area contributed by atoms with Crippen molar-refractivity contribution in [3.05, 3.63) is 24.3 Å². The molecule has 5 heteroatoms. The first-order chi connectivity index (χ1) is 12.5. The van der Waals surface area contributed by atoms with Crippen LogP contribution in [0.4, 0.5) is 5.69 Å². The zero-order valence-corrected chi connectivity index (χ0v) is 16.7. The average molecular weight is 363 g/mol. The van der Waals surface area contributed by atoms with Gasteiger partial charge in [0.2, 0.25) is 0 Å². The quantitative estimate of drug-likeness (QED) is 0.719. The zero-order valence-electron chi connectivity index (χ0n) is 16.7. The Morgan fingerprint density at radius 3 is 2.62 bits per heavy atom. The Balaban J connectivity index is 1.81. The van der Waals surface area contributed by atoms with E-state index in [4.69, 9.17) is 9.47 Å². The van der Waals surface area contributed by atoms with Crippen LogP contribution in [0.5, 0.6) is 5.75 Å². The summed E-state index contributed by atoms with van der Waals surface area (Å²) in [4.78, 5) is 14.9. The fourth-order valence-corrected chi connectivity index (χ4v) is 3.32. The second-order valence-corrected chi connectivity index (χ2v) is 7.23. The van der Waals surface area contributed by atoms with Gasteiger partial charge < -0.3 is 14.8 Å². The van der Waals surface area contributed by atoms with Crippen LogP contribution in [0.25, 0.3) is 0 Å². The molecule has 1 aromatic rings. The van der Waals surface area contributed by atoms with E-state index in [2.05, 4.69) is 17.1 Å². The summed E-state index contributed by atoms with van der Waals surface area (Å²) in [5.41, 5.74) is -0.0407. The number of carbonyl (C=O) groups excluding carboxylic acids is 1. The smallest absolute Gasteiger partial charge is 0.256 e. The number of hydrogen-bond acceptors (Lipinski definition) is 4. The van der Waals surface area contributed by atoms with E-state index in [1.54, 1.807) is 0 Å². The van der Waals surface area contributed by atoms with Crippen LogP contribution in [0.15, 0.2) is 24.3 Å². The maximum atomic E-state index is 12.4. The Labute approximate surface area is 158 Å². The van der Waals surface area contributed by atoms with Crippen molar-refractivity contribution < 1.29 is 14.3 Å². The summed E-state index contributed by atoms with van der Waals surface area (Å²) in [6.07, 6.45) is 4.54. The van der Waals surface area contributed by atoms with E-state index in [1.165, 1.54) is 25.8 Å². The maximum Gasteiger partial charge on any atom is 0.256 e. The molecular formula is C21H34N2O3. The lowest BCUT2D eigenvalue weighted by atomic mass is 10.0. The topological polar surface area (TPSA) is 50.8 Å². The van der Waals surface area contributed by atoms with Crippen LogP contribution in [-0.4, -0.2) is 48.8 Å². The molecule has 1 N–H and O–H groups in total. The first-order valence-electron chi connectivity index (χ1n) is 9.91. The Bertz CT molecular complexity index is 561. The molecule has 1 aliphatic rings. The number of hydrogen-bond donors (Lipinski definition) is 1. The van der Waals surface area contributed by atoms with Crippen LogP contribution in [0, 0.1) is 0 Å². The van der Waals surface area contributed by atoms with Crippen molar-refractivity contribution in [3.8, 4) is 5.75 Å². The Kier molecular flexibility index (Phi) is 7.91. The number of piperidine rings is 1. The van der Waals surface area contributed by atoms with E-state index >= 15 is 0 Å². The number of amides is 1.